The Balaban J connectivity index is 4.39. The lowest BCUT2D eigenvalue weighted by molar-refractivity contribution is -0.870. The van der Waals surface area contributed by atoms with Gasteiger partial charge in [0.1, 0.15) is 19.8 Å². The number of allylic oxidation sites excluding steroid dienone is 10. The van der Waals surface area contributed by atoms with Gasteiger partial charge >= 0.3 is 19.8 Å². The Labute approximate surface area is 368 Å². The molecule has 0 amide bonds. The van der Waals surface area contributed by atoms with E-state index in [9.17, 15) is 19.0 Å². The molecule has 0 radical (unpaired) electrons. The van der Waals surface area contributed by atoms with Crippen LogP contribution in [0.3, 0.4) is 0 Å². The summed E-state index contributed by atoms with van der Waals surface area (Å²) in [5, 5.41) is 0. The molecule has 0 aromatic rings. The largest absolute Gasteiger partial charge is 0.472 e. The summed E-state index contributed by atoms with van der Waals surface area (Å²) in [4.78, 5) is 35.4. The number of rotatable bonds is 43. The van der Waals surface area contributed by atoms with Crippen LogP contribution in [-0.4, -0.2) is 74.9 Å². The molecule has 0 aromatic heterocycles. The van der Waals surface area contributed by atoms with Crippen molar-refractivity contribution in [2.45, 2.75) is 200 Å². The van der Waals surface area contributed by atoms with Crippen LogP contribution >= 0.6 is 7.82 Å². The predicted molar refractivity (Wildman–Crippen MR) is 252 cm³/mol. The predicted octanol–water partition coefficient (Wildman–Crippen LogP) is 14.0. The molecule has 10 heteroatoms. The summed E-state index contributed by atoms with van der Waals surface area (Å²) in [5.41, 5.74) is 0. The van der Waals surface area contributed by atoms with Gasteiger partial charge in [-0.15, -0.1) is 0 Å². The Bertz CT molecular complexity index is 1210. The number of carbonyl (C=O) groups is 2. The maximum atomic E-state index is 12.7. The molecule has 0 aliphatic carbocycles. The van der Waals surface area contributed by atoms with Gasteiger partial charge in [0.2, 0.25) is 0 Å². The number of hydrogen-bond donors (Lipinski definition) is 1. The minimum absolute atomic E-state index is 0.0209. The molecular weight excluding hydrogens is 774 g/mol. The van der Waals surface area contributed by atoms with Gasteiger partial charge in [0.05, 0.1) is 27.7 Å². The number of quaternary nitrogens is 1. The van der Waals surface area contributed by atoms with Crippen LogP contribution in [0.15, 0.2) is 60.8 Å². The zero-order chi connectivity index (χ0) is 44.3. The van der Waals surface area contributed by atoms with Crippen molar-refractivity contribution < 1.29 is 42.1 Å². The summed E-state index contributed by atoms with van der Waals surface area (Å²) in [7, 11) is 1.44. The van der Waals surface area contributed by atoms with Gasteiger partial charge in [-0.05, 0) is 70.6 Å². The van der Waals surface area contributed by atoms with Gasteiger partial charge in [-0.2, -0.15) is 0 Å². The van der Waals surface area contributed by atoms with E-state index in [1.807, 2.05) is 21.1 Å². The van der Waals surface area contributed by atoms with Crippen LogP contribution in [0.4, 0.5) is 0 Å². The maximum absolute atomic E-state index is 12.7. The van der Waals surface area contributed by atoms with Crippen LogP contribution in [0.5, 0.6) is 0 Å². The Hall–Kier alpha value is -2.29. The molecule has 0 heterocycles. The Morgan fingerprint density at radius 3 is 1.45 bits per heavy atom. The van der Waals surface area contributed by atoms with Crippen LogP contribution in [0.25, 0.3) is 0 Å². The first-order valence-electron chi connectivity index (χ1n) is 24.0. The fraction of sp³-hybridized carbons (Fsp3) is 0.760. The third kappa shape index (κ3) is 45.2. The van der Waals surface area contributed by atoms with Gasteiger partial charge in [-0.25, -0.2) is 4.57 Å². The van der Waals surface area contributed by atoms with E-state index in [-0.39, 0.29) is 26.1 Å². The lowest BCUT2D eigenvalue weighted by Crippen LogP contribution is -2.37. The molecule has 0 aromatic carbocycles. The molecule has 0 spiro atoms. The van der Waals surface area contributed by atoms with Gasteiger partial charge in [-0.1, -0.05) is 171 Å². The molecule has 60 heavy (non-hydrogen) atoms. The minimum atomic E-state index is -4.39. The number of phosphoric ester groups is 1. The van der Waals surface area contributed by atoms with Crippen LogP contribution in [0.1, 0.15) is 194 Å². The topological polar surface area (TPSA) is 108 Å². The van der Waals surface area contributed by atoms with Crippen LogP contribution in [0.2, 0.25) is 0 Å². The summed E-state index contributed by atoms with van der Waals surface area (Å²) in [6.45, 7) is 4.33. The average Bonchev–Trinajstić information content (AvgIpc) is 3.20. The zero-order valence-electron chi connectivity index (χ0n) is 39.2. The number of hydrogen-bond acceptors (Lipinski definition) is 7. The third-order valence-corrected chi connectivity index (χ3v) is 11.0. The fourth-order valence-corrected chi connectivity index (χ4v) is 6.96. The van der Waals surface area contributed by atoms with E-state index in [0.717, 1.165) is 44.9 Å². The summed E-state index contributed by atoms with van der Waals surface area (Å²) >= 11 is 0. The first-order valence-corrected chi connectivity index (χ1v) is 25.5. The zero-order valence-corrected chi connectivity index (χ0v) is 40.1. The van der Waals surface area contributed by atoms with Crippen molar-refractivity contribution in [3.8, 4) is 0 Å². The van der Waals surface area contributed by atoms with Crippen molar-refractivity contribution >= 4 is 19.8 Å². The molecule has 0 saturated heterocycles. The average molecular weight is 865 g/mol. The van der Waals surface area contributed by atoms with E-state index in [1.165, 1.54) is 109 Å². The summed E-state index contributed by atoms with van der Waals surface area (Å²) < 4.78 is 34.3. The quantitative estimate of drug-likeness (QED) is 0.0212. The van der Waals surface area contributed by atoms with Gasteiger partial charge in [0, 0.05) is 12.8 Å². The second kappa shape index (κ2) is 42.0. The lowest BCUT2D eigenvalue weighted by atomic mass is 10.1. The summed E-state index contributed by atoms with van der Waals surface area (Å²) in [6.07, 6.45) is 51.3. The SMILES string of the molecule is CCCC/C=C/CCCCCCCCCCCC(=O)O[C@@H](COC(=O)CCC/C=C/C/C=C/C/C=C/C/C=C/CCCCCCCCC)COP(=O)(O)OCC[N+](C)(C)C. The van der Waals surface area contributed by atoms with Crippen LogP contribution in [0, 0.1) is 0 Å². The van der Waals surface area contributed by atoms with Crippen molar-refractivity contribution in [1.82, 2.24) is 0 Å². The van der Waals surface area contributed by atoms with Gasteiger partial charge in [0.15, 0.2) is 6.10 Å². The molecule has 0 saturated carbocycles. The number of unbranched alkanes of at least 4 members (excludes halogenated alkanes) is 19. The van der Waals surface area contributed by atoms with Gasteiger partial charge in [-0.3, -0.25) is 18.6 Å². The molecule has 0 bridgehead atoms. The summed E-state index contributed by atoms with van der Waals surface area (Å²) in [6, 6.07) is 0. The van der Waals surface area contributed by atoms with Crippen LogP contribution < -0.4 is 0 Å². The van der Waals surface area contributed by atoms with Crippen molar-refractivity contribution in [2.24, 2.45) is 0 Å². The highest BCUT2D eigenvalue weighted by Gasteiger charge is 2.27. The molecule has 0 fully saturated rings. The van der Waals surface area contributed by atoms with Gasteiger partial charge < -0.3 is 18.9 Å². The number of nitrogens with zero attached hydrogens (tertiary/aromatic N) is 1. The maximum Gasteiger partial charge on any atom is 0.472 e. The van der Waals surface area contributed by atoms with Crippen molar-refractivity contribution in [3.05, 3.63) is 60.8 Å². The van der Waals surface area contributed by atoms with Crippen LogP contribution in [-0.2, 0) is 32.7 Å². The monoisotopic (exact) mass is 865 g/mol. The summed E-state index contributed by atoms with van der Waals surface area (Å²) in [5.74, 6) is -0.867. The highest BCUT2D eigenvalue weighted by Crippen LogP contribution is 2.43. The number of likely N-dealkylation sites (N-methyl/N-ethyl adjacent to an activating group) is 1. The normalized spacial score (nSPS) is 14.0. The van der Waals surface area contributed by atoms with Crippen molar-refractivity contribution in [2.75, 3.05) is 47.5 Å². The molecular formula is C50H91NO8P+. The van der Waals surface area contributed by atoms with E-state index in [1.54, 1.807) is 0 Å². The van der Waals surface area contributed by atoms with E-state index in [4.69, 9.17) is 18.5 Å². The Morgan fingerprint density at radius 1 is 0.517 bits per heavy atom. The number of carbonyl (C=O) groups excluding carboxylic acids is 2. The smallest absolute Gasteiger partial charge is 0.462 e. The second-order valence-electron chi connectivity index (χ2n) is 17.1. The number of ether oxygens (including phenoxy) is 2. The van der Waals surface area contributed by atoms with Crippen molar-refractivity contribution in [1.29, 1.82) is 0 Å². The molecule has 348 valence electrons. The van der Waals surface area contributed by atoms with E-state index in [0.29, 0.717) is 23.9 Å². The number of phosphoric acid groups is 1. The highest BCUT2D eigenvalue weighted by atomic mass is 31.2. The van der Waals surface area contributed by atoms with E-state index >= 15 is 0 Å². The Morgan fingerprint density at radius 2 is 0.933 bits per heavy atom. The Kier molecular flexibility index (Phi) is 40.4. The number of esters is 2. The minimum Gasteiger partial charge on any atom is -0.462 e. The molecule has 0 aliphatic rings. The molecule has 9 nitrogen and oxygen atoms in total. The van der Waals surface area contributed by atoms with E-state index in [2.05, 4.69) is 74.6 Å². The third-order valence-electron chi connectivity index (χ3n) is 10.0. The highest BCUT2D eigenvalue weighted by molar-refractivity contribution is 7.47. The van der Waals surface area contributed by atoms with Gasteiger partial charge in [0.25, 0.3) is 0 Å². The van der Waals surface area contributed by atoms with E-state index < -0.39 is 32.5 Å². The molecule has 0 rings (SSSR count). The molecule has 1 N–H and O–H groups in total. The first-order chi connectivity index (χ1) is 29.0. The lowest BCUT2D eigenvalue weighted by Gasteiger charge is -2.24. The fourth-order valence-electron chi connectivity index (χ4n) is 6.22. The molecule has 0 aliphatic heterocycles. The standard InChI is InChI=1S/C50H90NO8P/c1-6-8-10-12-14-16-18-20-22-23-24-25-26-27-29-30-32-34-36-38-40-42-49(52)56-46-48(47-58-60(54,55)57-45-44-51(3,4)5)59-50(53)43-41-39-37-35-33-31-28-21-19-17-15-13-11-9-7-2/h13,15,22-23,25-26,29-30,34,36,48H,6-12,14,16-21,24,27-28,31-33,35,37-47H2,1-5H3/p+1/b15-13+,23-22+,26-25+,30-29+,36-34+/t48-/m0/s1. The molecule has 2 atom stereocenters. The second-order valence-corrected chi connectivity index (χ2v) is 18.6. The molecule has 1 unspecified atom stereocenters. The first kappa shape index (κ1) is 57.7. The van der Waals surface area contributed by atoms with Crippen molar-refractivity contribution in [3.63, 3.8) is 0 Å².